The maximum Gasteiger partial charge on any atom is 0.0556 e. The van der Waals surface area contributed by atoms with Gasteiger partial charge in [0.25, 0.3) is 0 Å². The average molecular weight is 177 g/mol. The van der Waals surface area contributed by atoms with E-state index in [4.69, 9.17) is 0 Å². The lowest BCUT2D eigenvalue weighted by Crippen LogP contribution is -2.17. The van der Waals surface area contributed by atoms with Gasteiger partial charge in [-0.3, -0.25) is 4.68 Å². The standard InChI is InChI=1S/C10H15N3/c1-2-9(11-6-1)10-5-7-12-13(10)8-3-4-8/h5,7-9,11H,1-4,6H2. The molecule has 0 radical (unpaired) electrons. The quantitative estimate of drug-likeness (QED) is 0.744. The van der Waals surface area contributed by atoms with Crippen LogP contribution in [0.4, 0.5) is 0 Å². The fraction of sp³-hybridized carbons (Fsp3) is 0.700. The number of nitrogens with zero attached hydrogens (tertiary/aromatic N) is 2. The summed E-state index contributed by atoms with van der Waals surface area (Å²) in [6.45, 7) is 1.17. The molecule has 1 aliphatic carbocycles. The van der Waals surface area contributed by atoms with Crippen molar-refractivity contribution in [2.75, 3.05) is 6.54 Å². The van der Waals surface area contributed by atoms with Crippen LogP contribution >= 0.6 is 0 Å². The molecule has 1 unspecified atom stereocenters. The molecule has 1 atom stereocenters. The van der Waals surface area contributed by atoms with Crippen LogP contribution < -0.4 is 5.32 Å². The Labute approximate surface area is 78.1 Å². The minimum absolute atomic E-state index is 0.572. The minimum atomic E-state index is 0.572. The first-order chi connectivity index (χ1) is 6.45. The van der Waals surface area contributed by atoms with Gasteiger partial charge in [0.1, 0.15) is 0 Å². The Hall–Kier alpha value is -0.830. The highest BCUT2D eigenvalue weighted by atomic mass is 15.3. The molecule has 3 rings (SSSR count). The topological polar surface area (TPSA) is 29.9 Å². The molecular weight excluding hydrogens is 162 g/mol. The van der Waals surface area contributed by atoms with Crippen molar-refractivity contribution < 1.29 is 0 Å². The van der Waals surface area contributed by atoms with E-state index in [0.717, 1.165) is 0 Å². The normalized spacial score (nSPS) is 28.2. The Bertz CT molecular complexity index is 295. The van der Waals surface area contributed by atoms with E-state index in [1.807, 2.05) is 6.20 Å². The summed E-state index contributed by atoms with van der Waals surface area (Å²) in [7, 11) is 0. The third-order valence-corrected chi connectivity index (χ3v) is 3.01. The van der Waals surface area contributed by atoms with E-state index in [9.17, 15) is 0 Å². The second-order valence-corrected chi connectivity index (χ2v) is 4.08. The van der Waals surface area contributed by atoms with E-state index in [2.05, 4.69) is 21.2 Å². The van der Waals surface area contributed by atoms with Gasteiger partial charge in [-0.1, -0.05) is 0 Å². The molecule has 1 N–H and O–H groups in total. The second-order valence-electron chi connectivity index (χ2n) is 4.08. The number of nitrogens with one attached hydrogen (secondary N) is 1. The molecule has 1 saturated carbocycles. The fourth-order valence-corrected chi connectivity index (χ4v) is 2.16. The van der Waals surface area contributed by atoms with Crippen molar-refractivity contribution >= 4 is 0 Å². The molecule has 2 aliphatic rings. The average Bonchev–Trinajstić information content (AvgIpc) is 2.72. The van der Waals surface area contributed by atoms with Gasteiger partial charge in [0.05, 0.1) is 11.7 Å². The number of hydrogen-bond donors (Lipinski definition) is 1. The molecule has 2 heterocycles. The highest BCUT2D eigenvalue weighted by molar-refractivity contribution is 5.11. The molecule has 0 bridgehead atoms. The van der Waals surface area contributed by atoms with Crippen LogP contribution in [0.2, 0.25) is 0 Å². The van der Waals surface area contributed by atoms with Crippen molar-refractivity contribution in [1.82, 2.24) is 15.1 Å². The third kappa shape index (κ3) is 1.27. The van der Waals surface area contributed by atoms with Gasteiger partial charge < -0.3 is 5.32 Å². The first kappa shape index (κ1) is 7.56. The highest BCUT2D eigenvalue weighted by Gasteiger charge is 2.29. The Kier molecular flexibility index (Phi) is 1.65. The molecular formula is C10H15N3. The molecule has 13 heavy (non-hydrogen) atoms. The molecule has 3 nitrogen and oxygen atoms in total. The van der Waals surface area contributed by atoms with Gasteiger partial charge in [0.2, 0.25) is 0 Å². The SMILES string of the molecule is c1cc(C2CCCN2)n(C2CC2)n1. The first-order valence-corrected chi connectivity index (χ1v) is 5.22. The van der Waals surface area contributed by atoms with Gasteiger partial charge in [-0.15, -0.1) is 0 Å². The van der Waals surface area contributed by atoms with Gasteiger partial charge in [-0.25, -0.2) is 0 Å². The lowest BCUT2D eigenvalue weighted by Gasteiger charge is -2.12. The van der Waals surface area contributed by atoms with Crippen LogP contribution in [0.5, 0.6) is 0 Å². The molecule has 1 aromatic rings. The van der Waals surface area contributed by atoms with Crippen LogP contribution in [-0.2, 0) is 0 Å². The highest BCUT2D eigenvalue weighted by Crippen LogP contribution is 2.37. The van der Waals surface area contributed by atoms with Crippen molar-refractivity contribution in [3.63, 3.8) is 0 Å². The van der Waals surface area contributed by atoms with Crippen molar-refractivity contribution in [3.05, 3.63) is 18.0 Å². The van der Waals surface area contributed by atoms with E-state index in [1.54, 1.807) is 0 Å². The van der Waals surface area contributed by atoms with Crippen LogP contribution in [-0.4, -0.2) is 16.3 Å². The van der Waals surface area contributed by atoms with Gasteiger partial charge >= 0.3 is 0 Å². The summed E-state index contributed by atoms with van der Waals surface area (Å²) in [5.74, 6) is 0. The second kappa shape index (κ2) is 2.84. The zero-order chi connectivity index (χ0) is 8.67. The summed E-state index contributed by atoms with van der Waals surface area (Å²) >= 11 is 0. The monoisotopic (exact) mass is 177 g/mol. The summed E-state index contributed by atoms with van der Waals surface area (Å²) in [4.78, 5) is 0. The van der Waals surface area contributed by atoms with Crippen molar-refractivity contribution in [3.8, 4) is 0 Å². The predicted octanol–water partition coefficient (Wildman–Crippen LogP) is 1.64. The van der Waals surface area contributed by atoms with Crippen molar-refractivity contribution in [1.29, 1.82) is 0 Å². The maximum atomic E-state index is 4.40. The molecule has 70 valence electrons. The van der Waals surface area contributed by atoms with Crippen LogP contribution in [0.25, 0.3) is 0 Å². The zero-order valence-corrected chi connectivity index (χ0v) is 7.74. The lowest BCUT2D eigenvalue weighted by atomic mass is 10.1. The fourth-order valence-electron chi connectivity index (χ4n) is 2.16. The van der Waals surface area contributed by atoms with E-state index in [1.165, 1.54) is 37.9 Å². The van der Waals surface area contributed by atoms with Gasteiger partial charge in [0, 0.05) is 12.2 Å². The smallest absolute Gasteiger partial charge is 0.0556 e. The summed E-state index contributed by atoms with van der Waals surface area (Å²) in [5.41, 5.74) is 1.40. The molecule has 3 heteroatoms. The summed E-state index contributed by atoms with van der Waals surface area (Å²) in [6.07, 6.45) is 7.16. The van der Waals surface area contributed by atoms with Crippen LogP contribution in [0.15, 0.2) is 12.3 Å². The molecule has 1 saturated heterocycles. The number of hydrogen-bond acceptors (Lipinski definition) is 2. The van der Waals surface area contributed by atoms with Crippen LogP contribution in [0.1, 0.15) is 43.5 Å². The Morgan fingerprint density at radius 1 is 1.38 bits per heavy atom. The van der Waals surface area contributed by atoms with Crippen molar-refractivity contribution in [2.45, 2.75) is 37.8 Å². The van der Waals surface area contributed by atoms with E-state index >= 15 is 0 Å². The van der Waals surface area contributed by atoms with E-state index < -0.39 is 0 Å². The summed E-state index contributed by atoms with van der Waals surface area (Å²) in [5, 5.41) is 7.92. The molecule has 1 aliphatic heterocycles. The first-order valence-electron chi connectivity index (χ1n) is 5.22. The number of rotatable bonds is 2. The maximum absolute atomic E-state index is 4.40. The van der Waals surface area contributed by atoms with Crippen LogP contribution in [0, 0.1) is 0 Å². The van der Waals surface area contributed by atoms with E-state index in [0.29, 0.717) is 12.1 Å². The van der Waals surface area contributed by atoms with Gasteiger partial charge in [-0.2, -0.15) is 5.10 Å². The summed E-state index contributed by atoms with van der Waals surface area (Å²) in [6, 6.07) is 3.46. The number of aromatic nitrogens is 2. The van der Waals surface area contributed by atoms with Crippen molar-refractivity contribution in [2.24, 2.45) is 0 Å². The van der Waals surface area contributed by atoms with Gasteiger partial charge in [-0.05, 0) is 38.3 Å². The Morgan fingerprint density at radius 2 is 2.31 bits per heavy atom. The Balaban J connectivity index is 1.88. The molecule has 0 aromatic carbocycles. The lowest BCUT2D eigenvalue weighted by molar-refractivity contribution is 0.531. The largest absolute Gasteiger partial charge is 0.309 e. The molecule has 1 aromatic heterocycles. The minimum Gasteiger partial charge on any atom is -0.309 e. The zero-order valence-electron chi connectivity index (χ0n) is 7.74. The van der Waals surface area contributed by atoms with Gasteiger partial charge in [0.15, 0.2) is 0 Å². The van der Waals surface area contributed by atoms with Crippen LogP contribution in [0.3, 0.4) is 0 Å². The molecule has 0 spiro atoms. The third-order valence-electron chi connectivity index (χ3n) is 3.01. The van der Waals surface area contributed by atoms with E-state index in [-0.39, 0.29) is 0 Å². The predicted molar refractivity (Wildman–Crippen MR) is 50.5 cm³/mol. The Morgan fingerprint density at radius 3 is 3.00 bits per heavy atom. The molecule has 2 fully saturated rings. The summed E-state index contributed by atoms with van der Waals surface area (Å²) < 4.78 is 2.23. The molecule has 0 amide bonds.